The lowest BCUT2D eigenvalue weighted by Crippen LogP contribution is -2.35. The molecule has 0 aromatic heterocycles. The highest BCUT2D eigenvalue weighted by Crippen LogP contribution is 2.18. The molecule has 0 saturated heterocycles. The summed E-state index contributed by atoms with van der Waals surface area (Å²) in [6.07, 6.45) is 1.04. The summed E-state index contributed by atoms with van der Waals surface area (Å²) in [5, 5.41) is 17.6. The van der Waals surface area contributed by atoms with Crippen molar-refractivity contribution >= 4 is 29.7 Å². The van der Waals surface area contributed by atoms with E-state index >= 15 is 0 Å². The molecule has 1 aliphatic rings. The molecule has 2 amide bonds. The third-order valence-electron chi connectivity index (χ3n) is 3.71. The molecule has 28 heavy (non-hydrogen) atoms. The second kappa shape index (κ2) is 8.25. The average Bonchev–Trinajstić information content (AvgIpc) is 2.99. The summed E-state index contributed by atoms with van der Waals surface area (Å²) in [7, 11) is 0. The normalized spacial score (nSPS) is 16.0. The molecule has 2 aromatic carbocycles. The molecule has 0 aliphatic carbocycles. The molecule has 144 valence electrons. The number of phenolic OH excluding ortho intramolecular Hbond substituents is 1. The van der Waals surface area contributed by atoms with Gasteiger partial charge in [-0.25, -0.2) is 19.2 Å². The number of para-hydroxylation sites is 1. The van der Waals surface area contributed by atoms with Crippen molar-refractivity contribution in [2.75, 3.05) is 5.32 Å². The highest BCUT2D eigenvalue weighted by atomic mass is 19.1. The van der Waals surface area contributed by atoms with Gasteiger partial charge in [0.05, 0.1) is 12.6 Å². The highest BCUT2D eigenvalue weighted by molar-refractivity contribution is 6.07. The van der Waals surface area contributed by atoms with Crippen LogP contribution in [0.4, 0.5) is 14.5 Å². The first kappa shape index (κ1) is 19.0. The van der Waals surface area contributed by atoms with Crippen molar-refractivity contribution in [2.45, 2.75) is 12.5 Å². The van der Waals surface area contributed by atoms with Crippen LogP contribution in [0.5, 0.6) is 5.75 Å². The van der Waals surface area contributed by atoms with E-state index in [9.17, 15) is 23.5 Å². The molecule has 0 bridgehead atoms. The number of halogens is 2. The maximum absolute atomic E-state index is 13.6. The molecule has 1 aliphatic heterocycles. The van der Waals surface area contributed by atoms with Crippen LogP contribution in [-0.2, 0) is 9.59 Å². The maximum Gasteiger partial charge on any atom is 0.252 e. The van der Waals surface area contributed by atoms with Crippen molar-refractivity contribution in [2.24, 2.45) is 10.1 Å². The molecule has 1 unspecified atom stereocenters. The van der Waals surface area contributed by atoms with E-state index in [0.717, 1.165) is 12.1 Å². The summed E-state index contributed by atoms with van der Waals surface area (Å²) < 4.78 is 27.1. The van der Waals surface area contributed by atoms with Crippen LogP contribution in [0.2, 0.25) is 0 Å². The Morgan fingerprint density at radius 1 is 1.21 bits per heavy atom. The van der Waals surface area contributed by atoms with Crippen molar-refractivity contribution in [3.63, 3.8) is 0 Å². The first-order valence-electron chi connectivity index (χ1n) is 8.13. The Labute approximate surface area is 158 Å². The first-order valence-corrected chi connectivity index (χ1v) is 8.13. The molecule has 2 aromatic rings. The molecule has 10 heteroatoms. The van der Waals surface area contributed by atoms with E-state index in [-0.39, 0.29) is 11.7 Å². The molecule has 0 spiro atoms. The highest BCUT2D eigenvalue weighted by Gasteiger charge is 2.29. The van der Waals surface area contributed by atoms with Gasteiger partial charge >= 0.3 is 0 Å². The van der Waals surface area contributed by atoms with E-state index in [1.807, 2.05) is 0 Å². The number of anilines is 1. The van der Waals surface area contributed by atoms with Crippen LogP contribution in [-0.4, -0.2) is 35.1 Å². The molecular formula is C18H15F2N5O3. The van der Waals surface area contributed by atoms with Gasteiger partial charge in [0.2, 0.25) is 11.9 Å². The van der Waals surface area contributed by atoms with Crippen LogP contribution in [0, 0.1) is 11.6 Å². The van der Waals surface area contributed by atoms with Gasteiger partial charge in [-0.05, 0) is 42.0 Å². The van der Waals surface area contributed by atoms with E-state index in [4.69, 9.17) is 0 Å². The van der Waals surface area contributed by atoms with Gasteiger partial charge in [-0.2, -0.15) is 5.10 Å². The number of guanidine groups is 1. The second-order valence-corrected chi connectivity index (χ2v) is 5.79. The Balaban J connectivity index is 1.57. The number of aliphatic imine (C=N–C) groups is 1. The lowest BCUT2D eigenvalue weighted by atomic mass is 10.2. The number of nitrogens with zero attached hydrogens (tertiary/aromatic N) is 2. The Bertz CT molecular complexity index is 940. The van der Waals surface area contributed by atoms with E-state index in [1.165, 1.54) is 24.4 Å². The Hall–Kier alpha value is -3.82. The topological polar surface area (TPSA) is 115 Å². The summed E-state index contributed by atoms with van der Waals surface area (Å²) in [6, 6.07) is 8.37. The predicted octanol–water partition coefficient (Wildman–Crippen LogP) is 1.48. The van der Waals surface area contributed by atoms with E-state index < -0.39 is 41.6 Å². The molecule has 1 heterocycles. The molecule has 3 rings (SSSR count). The summed E-state index contributed by atoms with van der Waals surface area (Å²) in [6.45, 7) is 0. The van der Waals surface area contributed by atoms with Crippen molar-refractivity contribution in [3.8, 4) is 5.75 Å². The number of nitrogens with one attached hydrogen (secondary N) is 3. The fourth-order valence-corrected chi connectivity index (χ4v) is 2.35. The quantitative estimate of drug-likeness (QED) is 0.459. The molecule has 1 atom stereocenters. The lowest BCUT2D eigenvalue weighted by Gasteiger charge is -2.08. The number of carbonyl (C=O) groups is 2. The molecule has 0 radical (unpaired) electrons. The molecular weight excluding hydrogens is 372 g/mol. The summed E-state index contributed by atoms with van der Waals surface area (Å²) in [4.78, 5) is 27.9. The predicted molar refractivity (Wildman–Crippen MR) is 97.8 cm³/mol. The largest absolute Gasteiger partial charge is 0.508 e. The first-order chi connectivity index (χ1) is 13.4. The van der Waals surface area contributed by atoms with Gasteiger partial charge in [0, 0.05) is 0 Å². The number of hydrogen-bond donors (Lipinski definition) is 4. The van der Waals surface area contributed by atoms with Crippen LogP contribution in [0.25, 0.3) is 0 Å². The smallest absolute Gasteiger partial charge is 0.252 e. The van der Waals surface area contributed by atoms with Gasteiger partial charge < -0.3 is 10.4 Å². The van der Waals surface area contributed by atoms with Crippen LogP contribution in [0.15, 0.2) is 52.6 Å². The third-order valence-corrected chi connectivity index (χ3v) is 3.71. The molecule has 0 saturated carbocycles. The van der Waals surface area contributed by atoms with Crippen molar-refractivity contribution in [1.29, 1.82) is 0 Å². The summed E-state index contributed by atoms with van der Waals surface area (Å²) >= 11 is 0. The van der Waals surface area contributed by atoms with E-state index in [2.05, 4.69) is 26.2 Å². The van der Waals surface area contributed by atoms with Gasteiger partial charge in [-0.1, -0.05) is 6.07 Å². The standard InChI is InChI=1S/C18H15F2N5O3/c19-12-2-1-3-13(20)16(12)23-15(27)8-14-17(28)24-18(22-14)25-21-9-10-4-6-11(26)7-5-10/h1-7,9,14,26H,8H2,(H,23,27)(H2,22,24,25,28). The second-order valence-electron chi connectivity index (χ2n) is 5.79. The Morgan fingerprint density at radius 2 is 1.89 bits per heavy atom. The van der Waals surface area contributed by atoms with Crippen LogP contribution < -0.4 is 16.1 Å². The van der Waals surface area contributed by atoms with Crippen molar-refractivity contribution in [1.82, 2.24) is 10.7 Å². The zero-order valence-corrected chi connectivity index (χ0v) is 14.3. The fraction of sp³-hybridized carbons (Fsp3) is 0.111. The van der Waals surface area contributed by atoms with Gasteiger partial charge in [-0.3, -0.25) is 14.9 Å². The number of phenols is 1. The molecule has 8 nitrogen and oxygen atoms in total. The van der Waals surface area contributed by atoms with Crippen molar-refractivity contribution < 1.29 is 23.5 Å². The number of amides is 2. The average molecular weight is 387 g/mol. The minimum atomic E-state index is -1.05. The van der Waals surface area contributed by atoms with E-state index in [0.29, 0.717) is 5.56 Å². The number of rotatable bonds is 5. The number of hydrazone groups is 1. The van der Waals surface area contributed by atoms with Gasteiger partial charge in [0.15, 0.2) is 0 Å². The SMILES string of the molecule is O=C(CC1N=C(NN=Cc2ccc(O)cc2)NC1=O)Nc1c(F)cccc1F. The van der Waals surface area contributed by atoms with Crippen LogP contribution in [0.3, 0.4) is 0 Å². The number of carbonyl (C=O) groups excluding carboxylic acids is 2. The summed E-state index contributed by atoms with van der Waals surface area (Å²) in [5.41, 5.74) is 2.64. The molecule has 0 fully saturated rings. The van der Waals surface area contributed by atoms with Gasteiger partial charge in [0.25, 0.3) is 5.91 Å². The van der Waals surface area contributed by atoms with E-state index in [1.54, 1.807) is 12.1 Å². The summed E-state index contributed by atoms with van der Waals surface area (Å²) in [5.74, 6) is -2.99. The maximum atomic E-state index is 13.6. The number of hydrogen-bond acceptors (Lipinski definition) is 6. The Kier molecular flexibility index (Phi) is 5.58. The van der Waals surface area contributed by atoms with Crippen LogP contribution in [0.1, 0.15) is 12.0 Å². The third kappa shape index (κ3) is 4.67. The van der Waals surface area contributed by atoms with Crippen molar-refractivity contribution in [3.05, 3.63) is 59.7 Å². The lowest BCUT2D eigenvalue weighted by molar-refractivity contribution is -0.123. The monoisotopic (exact) mass is 387 g/mol. The zero-order valence-electron chi connectivity index (χ0n) is 14.3. The van der Waals surface area contributed by atoms with Crippen LogP contribution >= 0.6 is 0 Å². The minimum absolute atomic E-state index is 0.0369. The Morgan fingerprint density at radius 3 is 2.57 bits per heavy atom. The zero-order chi connectivity index (χ0) is 20.1. The number of benzene rings is 2. The molecule has 4 N–H and O–H groups in total. The number of aromatic hydroxyl groups is 1. The van der Waals surface area contributed by atoms with Gasteiger partial charge in [0.1, 0.15) is 29.1 Å². The van der Waals surface area contributed by atoms with Gasteiger partial charge in [-0.15, -0.1) is 0 Å². The minimum Gasteiger partial charge on any atom is -0.508 e. The fourth-order valence-electron chi connectivity index (χ4n) is 2.35.